The van der Waals surface area contributed by atoms with Gasteiger partial charge in [-0.15, -0.1) is 0 Å². The van der Waals surface area contributed by atoms with Gasteiger partial charge in [0.15, 0.2) is 23.5 Å². The van der Waals surface area contributed by atoms with Crippen LogP contribution >= 0.6 is 0 Å². The molecular weight excluding hydrogens is 272 g/mol. The number of rotatable bonds is 8. The number of benzene rings is 1. The Morgan fingerprint density at radius 2 is 2.00 bits per heavy atom. The van der Waals surface area contributed by atoms with E-state index in [1.807, 2.05) is 0 Å². The highest BCUT2D eigenvalue weighted by molar-refractivity contribution is 5.72. The fourth-order valence-corrected chi connectivity index (χ4v) is 1.46. The van der Waals surface area contributed by atoms with Gasteiger partial charge in [-0.2, -0.15) is 0 Å². The standard InChI is InChI=1S/C13H17F2NO4/c1-8(13(17)18)20-12-10(14)5-9(6-11(12)15)7-16-3-4-19-2/h5-6,8,16H,3-4,7H2,1-2H3,(H,17,18). The summed E-state index contributed by atoms with van der Waals surface area (Å²) in [5, 5.41) is 11.6. The van der Waals surface area contributed by atoms with Crippen molar-refractivity contribution in [2.45, 2.75) is 19.6 Å². The first-order chi connectivity index (χ1) is 9.45. The summed E-state index contributed by atoms with van der Waals surface area (Å²) in [5.74, 6) is -3.84. The zero-order chi connectivity index (χ0) is 15.1. The average molecular weight is 289 g/mol. The molecule has 0 saturated carbocycles. The monoisotopic (exact) mass is 289 g/mol. The largest absolute Gasteiger partial charge is 0.479 e. The predicted octanol–water partition coefficient (Wildman–Crippen LogP) is 1.55. The Labute approximate surface area is 115 Å². The smallest absolute Gasteiger partial charge is 0.344 e. The number of aliphatic carboxylic acids is 1. The molecule has 0 aliphatic rings. The minimum Gasteiger partial charge on any atom is -0.479 e. The fourth-order valence-electron chi connectivity index (χ4n) is 1.46. The van der Waals surface area contributed by atoms with Crippen molar-refractivity contribution in [3.63, 3.8) is 0 Å². The van der Waals surface area contributed by atoms with Gasteiger partial charge in [0, 0.05) is 20.2 Å². The lowest BCUT2D eigenvalue weighted by Gasteiger charge is -2.13. The highest BCUT2D eigenvalue weighted by atomic mass is 19.1. The predicted molar refractivity (Wildman–Crippen MR) is 67.7 cm³/mol. The van der Waals surface area contributed by atoms with E-state index in [0.29, 0.717) is 18.7 Å². The van der Waals surface area contributed by atoms with E-state index in [4.69, 9.17) is 14.6 Å². The molecule has 0 bridgehead atoms. The summed E-state index contributed by atoms with van der Waals surface area (Å²) in [6, 6.07) is 2.21. The molecule has 7 heteroatoms. The van der Waals surface area contributed by atoms with Gasteiger partial charge in [0.25, 0.3) is 0 Å². The van der Waals surface area contributed by atoms with Crippen molar-refractivity contribution in [3.05, 3.63) is 29.3 Å². The minimum atomic E-state index is -1.33. The first-order valence-corrected chi connectivity index (χ1v) is 6.02. The van der Waals surface area contributed by atoms with Crippen LogP contribution in [0.15, 0.2) is 12.1 Å². The van der Waals surface area contributed by atoms with Gasteiger partial charge in [-0.3, -0.25) is 0 Å². The van der Waals surface area contributed by atoms with E-state index >= 15 is 0 Å². The van der Waals surface area contributed by atoms with E-state index < -0.39 is 29.5 Å². The van der Waals surface area contributed by atoms with Crippen LogP contribution < -0.4 is 10.1 Å². The van der Waals surface area contributed by atoms with Crippen LogP contribution in [0.5, 0.6) is 5.75 Å². The topological polar surface area (TPSA) is 67.8 Å². The molecule has 5 nitrogen and oxygen atoms in total. The van der Waals surface area contributed by atoms with Crippen molar-refractivity contribution in [1.82, 2.24) is 5.32 Å². The number of methoxy groups -OCH3 is 1. The number of nitrogens with one attached hydrogen (secondary N) is 1. The number of hydrogen-bond acceptors (Lipinski definition) is 4. The third-order valence-electron chi connectivity index (χ3n) is 2.51. The second-order valence-electron chi connectivity index (χ2n) is 4.16. The van der Waals surface area contributed by atoms with Crippen LogP contribution in [0.2, 0.25) is 0 Å². The number of carboxylic acids is 1. The summed E-state index contributed by atoms with van der Waals surface area (Å²) < 4.78 is 37.0. The quantitative estimate of drug-likeness (QED) is 0.711. The van der Waals surface area contributed by atoms with Crippen molar-refractivity contribution >= 4 is 5.97 Å². The van der Waals surface area contributed by atoms with Crippen LogP contribution in [0.3, 0.4) is 0 Å². The summed E-state index contributed by atoms with van der Waals surface area (Å²) in [5.41, 5.74) is 0.395. The van der Waals surface area contributed by atoms with Crippen molar-refractivity contribution in [2.75, 3.05) is 20.3 Å². The Morgan fingerprint density at radius 1 is 1.40 bits per heavy atom. The zero-order valence-corrected chi connectivity index (χ0v) is 11.3. The maximum Gasteiger partial charge on any atom is 0.344 e. The van der Waals surface area contributed by atoms with E-state index in [1.165, 1.54) is 6.92 Å². The molecule has 112 valence electrons. The molecule has 2 N–H and O–H groups in total. The molecule has 0 amide bonds. The van der Waals surface area contributed by atoms with Gasteiger partial charge >= 0.3 is 5.97 Å². The van der Waals surface area contributed by atoms with E-state index in [0.717, 1.165) is 12.1 Å². The molecule has 0 heterocycles. The molecule has 0 radical (unpaired) electrons. The first-order valence-electron chi connectivity index (χ1n) is 6.02. The number of hydrogen-bond donors (Lipinski definition) is 2. The Kier molecular flexibility index (Phi) is 6.33. The van der Waals surface area contributed by atoms with Gasteiger partial charge in [0.2, 0.25) is 0 Å². The lowest BCUT2D eigenvalue weighted by Crippen LogP contribution is -2.24. The first kappa shape index (κ1) is 16.3. The maximum absolute atomic E-state index is 13.7. The van der Waals surface area contributed by atoms with Crippen molar-refractivity contribution < 1.29 is 28.2 Å². The second kappa shape index (κ2) is 7.76. The van der Waals surface area contributed by atoms with Gasteiger partial charge in [0.05, 0.1) is 6.61 Å². The summed E-state index contributed by atoms with van der Waals surface area (Å²) in [6.45, 7) is 2.50. The third-order valence-corrected chi connectivity index (χ3v) is 2.51. The Morgan fingerprint density at radius 3 is 2.50 bits per heavy atom. The molecule has 1 unspecified atom stereocenters. The average Bonchev–Trinajstić information content (AvgIpc) is 2.38. The van der Waals surface area contributed by atoms with Gasteiger partial charge in [-0.05, 0) is 24.6 Å². The van der Waals surface area contributed by atoms with E-state index in [2.05, 4.69) is 5.32 Å². The van der Waals surface area contributed by atoms with Crippen LogP contribution in [-0.2, 0) is 16.1 Å². The molecular formula is C13H17F2NO4. The number of halogens is 2. The van der Waals surface area contributed by atoms with Gasteiger partial charge in [0.1, 0.15) is 0 Å². The molecule has 1 aromatic carbocycles. The molecule has 1 rings (SSSR count). The summed E-state index contributed by atoms with van der Waals surface area (Å²) in [6.07, 6.45) is -1.33. The van der Waals surface area contributed by atoms with Crippen molar-refractivity contribution in [2.24, 2.45) is 0 Å². The van der Waals surface area contributed by atoms with Crippen LogP contribution in [0.1, 0.15) is 12.5 Å². The van der Waals surface area contributed by atoms with Gasteiger partial charge < -0.3 is 19.9 Å². The lowest BCUT2D eigenvalue weighted by atomic mass is 10.2. The number of ether oxygens (including phenoxy) is 2. The summed E-state index contributed by atoms with van der Waals surface area (Å²) in [4.78, 5) is 10.6. The van der Waals surface area contributed by atoms with Crippen LogP contribution in [0.25, 0.3) is 0 Å². The zero-order valence-electron chi connectivity index (χ0n) is 11.3. The normalized spacial score (nSPS) is 12.2. The van der Waals surface area contributed by atoms with Crippen LogP contribution in [-0.4, -0.2) is 37.4 Å². The summed E-state index contributed by atoms with van der Waals surface area (Å²) >= 11 is 0. The second-order valence-corrected chi connectivity index (χ2v) is 4.16. The maximum atomic E-state index is 13.7. The van der Waals surface area contributed by atoms with Gasteiger partial charge in [-0.25, -0.2) is 13.6 Å². The van der Waals surface area contributed by atoms with Crippen molar-refractivity contribution in [3.8, 4) is 5.75 Å². The Balaban J connectivity index is 2.73. The Hall–Kier alpha value is -1.73. The van der Waals surface area contributed by atoms with Crippen LogP contribution in [0, 0.1) is 11.6 Å². The molecule has 1 aromatic rings. The molecule has 0 aliphatic carbocycles. The van der Waals surface area contributed by atoms with E-state index in [1.54, 1.807) is 7.11 Å². The SMILES string of the molecule is COCCNCc1cc(F)c(OC(C)C(=O)O)c(F)c1. The number of carboxylic acid groups (broad SMARTS) is 1. The highest BCUT2D eigenvalue weighted by Gasteiger charge is 2.19. The third kappa shape index (κ3) is 4.75. The minimum absolute atomic E-state index is 0.270. The van der Waals surface area contributed by atoms with Gasteiger partial charge in [-0.1, -0.05) is 0 Å². The van der Waals surface area contributed by atoms with E-state index in [9.17, 15) is 13.6 Å². The number of carbonyl (C=O) groups is 1. The van der Waals surface area contributed by atoms with Crippen LogP contribution in [0.4, 0.5) is 8.78 Å². The molecule has 0 saturated heterocycles. The molecule has 1 atom stereocenters. The van der Waals surface area contributed by atoms with Crippen molar-refractivity contribution in [1.29, 1.82) is 0 Å². The lowest BCUT2D eigenvalue weighted by molar-refractivity contribution is -0.144. The molecule has 0 aromatic heterocycles. The molecule has 0 aliphatic heterocycles. The Bertz CT molecular complexity index is 445. The molecule has 0 fully saturated rings. The molecule has 20 heavy (non-hydrogen) atoms. The summed E-state index contributed by atoms with van der Waals surface area (Å²) in [7, 11) is 1.55. The van der Waals surface area contributed by atoms with E-state index in [-0.39, 0.29) is 6.54 Å². The fraction of sp³-hybridized carbons (Fsp3) is 0.462. The molecule has 0 spiro atoms. The highest BCUT2D eigenvalue weighted by Crippen LogP contribution is 2.24.